The van der Waals surface area contributed by atoms with E-state index in [0.717, 1.165) is 4.31 Å². The molecule has 11 heteroatoms. The largest absolute Gasteiger partial charge is 0.624 e. The van der Waals surface area contributed by atoms with Crippen LogP contribution in [0.1, 0.15) is 0 Å². The van der Waals surface area contributed by atoms with Gasteiger partial charge < -0.3 is 26.1 Å². The predicted octanol–water partition coefficient (Wildman–Crippen LogP) is 4.18. The Morgan fingerprint density at radius 3 is 2.42 bits per heavy atom. The molecular weight excluding hydrogens is 512 g/mol. The molecule has 0 saturated heterocycles. The number of anilines is 2. The average molecular weight is 534 g/mol. The number of benzene rings is 3. The van der Waals surface area contributed by atoms with Crippen LogP contribution in [0, 0.1) is 0 Å². The van der Waals surface area contributed by atoms with Crippen LogP contribution >= 0.6 is 15.9 Å². The van der Waals surface area contributed by atoms with Gasteiger partial charge in [-0.25, -0.2) is 8.42 Å². The van der Waals surface area contributed by atoms with Crippen LogP contribution in [0.25, 0.3) is 5.43 Å². The minimum absolute atomic E-state index is 0.0567. The number of carbonyl (C=O) groups excluding carboxylic acids is 1. The summed E-state index contributed by atoms with van der Waals surface area (Å²) in [4.78, 5) is 12.8. The van der Waals surface area contributed by atoms with E-state index in [2.05, 4.69) is 26.7 Å². The van der Waals surface area contributed by atoms with Crippen molar-refractivity contribution in [2.24, 2.45) is 5.84 Å². The number of halogens is 1. The van der Waals surface area contributed by atoms with Gasteiger partial charge in [0.1, 0.15) is 18.0 Å². The van der Waals surface area contributed by atoms with Crippen LogP contribution in [0.4, 0.5) is 17.1 Å². The second-order valence-corrected chi connectivity index (χ2v) is 9.36. The highest BCUT2D eigenvalue weighted by molar-refractivity contribution is 9.10. The third-order valence-electron chi connectivity index (χ3n) is 4.66. The van der Waals surface area contributed by atoms with Gasteiger partial charge in [0.2, 0.25) is 5.91 Å². The van der Waals surface area contributed by atoms with Gasteiger partial charge in [0.05, 0.1) is 30.5 Å². The number of ether oxygens (including phenoxy) is 2. The van der Waals surface area contributed by atoms with Gasteiger partial charge in [0.25, 0.3) is 10.0 Å². The number of carbonyl (C=O) groups is 1. The first-order valence-corrected chi connectivity index (χ1v) is 11.8. The first-order valence-electron chi connectivity index (χ1n) is 9.61. The molecule has 0 aliphatic rings. The molecule has 0 bridgehead atoms. The van der Waals surface area contributed by atoms with Gasteiger partial charge in [-0.15, -0.1) is 5.69 Å². The van der Waals surface area contributed by atoms with Crippen molar-refractivity contribution < 1.29 is 22.7 Å². The molecule has 0 spiro atoms. The normalized spacial score (nSPS) is 10.9. The van der Waals surface area contributed by atoms with Gasteiger partial charge in [0, 0.05) is 10.5 Å². The molecule has 0 aliphatic heterocycles. The van der Waals surface area contributed by atoms with Crippen LogP contribution in [0.15, 0.2) is 76.1 Å². The predicted molar refractivity (Wildman–Crippen MR) is 130 cm³/mol. The zero-order valence-corrected chi connectivity index (χ0v) is 20.3. The molecule has 0 unspecified atom stereocenters. The van der Waals surface area contributed by atoms with Crippen molar-refractivity contribution in [1.82, 2.24) is 0 Å². The van der Waals surface area contributed by atoms with Crippen LogP contribution in [0.2, 0.25) is 0 Å². The number of methoxy groups -OCH3 is 2. The fourth-order valence-electron chi connectivity index (χ4n) is 3.07. The lowest BCUT2D eigenvalue weighted by Crippen LogP contribution is -2.38. The lowest BCUT2D eigenvalue weighted by molar-refractivity contribution is -0.114. The summed E-state index contributed by atoms with van der Waals surface area (Å²) >= 11 is 3.36. The van der Waals surface area contributed by atoms with Gasteiger partial charge in [-0.2, -0.15) is 0 Å². The lowest BCUT2D eigenvalue weighted by atomic mass is 10.2. The van der Waals surface area contributed by atoms with E-state index >= 15 is 0 Å². The molecule has 3 N–H and O–H groups in total. The fourth-order valence-corrected chi connectivity index (χ4v) is 5.03. The van der Waals surface area contributed by atoms with E-state index in [1.165, 1.54) is 38.5 Å². The number of nitrogens with two attached hydrogens (primary N) is 1. The maximum absolute atomic E-state index is 13.7. The maximum atomic E-state index is 13.7. The standard InChI is InChI=1S/C22H22BrN4O5S/c1-31-15-11-12-19(20(13-15)32-2)27(14-22(28)25-17-8-4-3-7-16(17)23)33(29,30)21-10-6-5-9-18(21)26-24/h3-13H,14,24H2,1-2H3,(H,25,28)/q-1. The summed E-state index contributed by atoms with van der Waals surface area (Å²) < 4.78 is 39.7. The van der Waals surface area contributed by atoms with Gasteiger partial charge in [0.15, 0.2) is 0 Å². The minimum atomic E-state index is -4.28. The smallest absolute Gasteiger partial charge is 0.263 e. The topological polar surface area (TPSA) is 125 Å². The Kier molecular flexibility index (Phi) is 7.79. The number of rotatable bonds is 9. The Balaban J connectivity index is 2.09. The summed E-state index contributed by atoms with van der Waals surface area (Å²) in [5.41, 5.74) is 4.28. The average Bonchev–Trinajstić information content (AvgIpc) is 2.83. The van der Waals surface area contributed by atoms with Crippen molar-refractivity contribution in [3.63, 3.8) is 0 Å². The Morgan fingerprint density at radius 2 is 1.76 bits per heavy atom. The van der Waals surface area contributed by atoms with Crippen molar-refractivity contribution in [1.29, 1.82) is 0 Å². The Labute approximate surface area is 200 Å². The number of amides is 1. The number of hydrogen-bond acceptors (Lipinski definition) is 6. The van der Waals surface area contributed by atoms with Crippen LogP contribution in [-0.4, -0.2) is 35.1 Å². The fraction of sp³-hybridized carbons (Fsp3) is 0.136. The molecule has 0 atom stereocenters. The molecule has 0 aromatic heterocycles. The Hall–Kier alpha value is -3.28. The first kappa shape index (κ1) is 24.4. The zero-order valence-electron chi connectivity index (χ0n) is 17.9. The maximum Gasteiger partial charge on any atom is 0.263 e. The van der Waals surface area contributed by atoms with E-state index in [0.29, 0.717) is 15.9 Å². The van der Waals surface area contributed by atoms with E-state index in [9.17, 15) is 13.2 Å². The highest BCUT2D eigenvalue weighted by Gasteiger charge is 2.30. The van der Waals surface area contributed by atoms with Crippen molar-refractivity contribution >= 4 is 48.9 Å². The van der Waals surface area contributed by atoms with Crippen LogP contribution in [0.3, 0.4) is 0 Å². The molecule has 3 aromatic carbocycles. The molecule has 0 fully saturated rings. The second-order valence-electron chi connectivity index (χ2n) is 6.67. The quantitative estimate of drug-likeness (QED) is 0.314. The molecule has 0 heterocycles. The molecule has 0 aliphatic carbocycles. The van der Waals surface area contributed by atoms with Gasteiger partial charge in [-0.3, -0.25) is 9.10 Å². The summed E-state index contributed by atoms with van der Waals surface area (Å²) in [5, 5.41) is 2.72. The van der Waals surface area contributed by atoms with Crippen LogP contribution < -0.4 is 24.9 Å². The first-order chi connectivity index (χ1) is 15.8. The summed E-state index contributed by atoms with van der Waals surface area (Å²) in [7, 11) is -1.40. The van der Waals surface area contributed by atoms with Gasteiger partial charge >= 0.3 is 0 Å². The Bertz CT molecular complexity index is 1250. The molecule has 3 aromatic rings. The lowest BCUT2D eigenvalue weighted by Gasteiger charge is -2.29. The summed E-state index contributed by atoms with van der Waals surface area (Å²) in [6.45, 7) is -0.536. The SMILES string of the molecule is COc1ccc(N(CC(=O)Nc2ccccc2Br)S(=O)(=O)c2ccccc2[N-]N)c(OC)c1. The summed E-state index contributed by atoms with van der Waals surface area (Å²) in [5.74, 6) is 5.52. The van der Waals surface area contributed by atoms with Crippen molar-refractivity contribution in [3.8, 4) is 11.5 Å². The molecule has 0 saturated carbocycles. The van der Waals surface area contributed by atoms with Crippen LogP contribution in [0.5, 0.6) is 11.5 Å². The Morgan fingerprint density at radius 1 is 1.06 bits per heavy atom. The van der Waals surface area contributed by atoms with Crippen molar-refractivity contribution in [2.45, 2.75) is 4.90 Å². The highest BCUT2D eigenvalue weighted by Crippen LogP contribution is 2.37. The molecule has 33 heavy (non-hydrogen) atoms. The van der Waals surface area contributed by atoms with E-state index in [4.69, 9.17) is 15.3 Å². The van der Waals surface area contributed by atoms with E-state index in [-0.39, 0.29) is 22.0 Å². The number of para-hydroxylation sites is 1. The van der Waals surface area contributed by atoms with E-state index in [1.54, 1.807) is 42.5 Å². The third-order valence-corrected chi connectivity index (χ3v) is 7.16. The molecule has 3 rings (SSSR count). The molecule has 1 amide bonds. The molecule has 174 valence electrons. The second kappa shape index (κ2) is 10.6. The third kappa shape index (κ3) is 5.38. The highest BCUT2D eigenvalue weighted by atomic mass is 79.9. The monoisotopic (exact) mass is 533 g/mol. The molecule has 9 nitrogen and oxygen atoms in total. The van der Waals surface area contributed by atoms with E-state index in [1.807, 2.05) is 0 Å². The van der Waals surface area contributed by atoms with Crippen LogP contribution in [-0.2, 0) is 14.8 Å². The summed E-state index contributed by atoms with van der Waals surface area (Å²) in [6.07, 6.45) is 0. The molecule has 0 radical (unpaired) electrons. The van der Waals surface area contributed by atoms with Crippen molar-refractivity contribution in [2.75, 3.05) is 30.4 Å². The summed E-state index contributed by atoms with van der Waals surface area (Å²) in [6, 6.07) is 17.6. The van der Waals surface area contributed by atoms with E-state index < -0.39 is 22.5 Å². The van der Waals surface area contributed by atoms with Gasteiger partial charge in [-0.1, -0.05) is 30.3 Å². The van der Waals surface area contributed by atoms with Gasteiger partial charge in [-0.05, 0) is 46.3 Å². The molecular formula is C22H22BrN4O5S-. The number of nitrogens with zero attached hydrogens (tertiary/aromatic N) is 2. The number of hydrogen-bond donors (Lipinski definition) is 2. The number of nitrogens with one attached hydrogen (secondary N) is 1. The van der Waals surface area contributed by atoms with Crippen molar-refractivity contribution in [3.05, 3.63) is 76.6 Å². The number of sulfonamides is 1. The zero-order chi connectivity index (χ0) is 24.0. The minimum Gasteiger partial charge on any atom is -0.624 e.